The molecule has 110 valence electrons. The van der Waals surface area contributed by atoms with E-state index in [2.05, 4.69) is 15.3 Å². The van der Waals surface area contributed by atoms with E-state index in [1.807, 2.05) is 0 Å². The maximum absolute atomic E-state index is 12.1. The molecule has 0 saturated heterocycles. The molecule has 7 nitrogen and oxygen atoms in total. The number of hydrogen-bond acceptors (Lipinski definition) is 5. The summed E-state index contributed by atoms with van der Waals surface area (Å²) in [5.41, 5.74) is -0.130. The Labute approximate surface area is 120 Å². The molecule has 0 fully saturated rings. The van der Waals surface area contributed by atoms with Crippen molar-refractivity contribution in [3.8, 4) is 11.5 Å². The fourth-order valence-corrected chi connectivity index (χ4v) is 1.74. The molecule has 0 aliphatic rings. The molecular formula is C14H15N3O4. The number of nitrogens with one attached hydrogen (secondary N) is 2. The second-order valence-electron chi connectivity index (χ2n) is 4.23. The number of H-pyrrole nitrogens is 1. The molecule has 7 heteroatoms. The minimum atomic E-state index is -0.563. The summed E-state index contributed by atoms with van der Waals surface area (Å²) in [6.07, 6.45) is 1.24. The molecule has 2 N–H and O–H groups in total. The third-order valence-electron chi connectivity index (χ3n) is 2.83. The first kappa shape index (κ1) is 14.6. The van der Waals surface area contributed by atoms with E-state index >= 15 is 0 Å². The summed E-state index contributed by atoms with van der Waals surface area (Å²) < 4.78 is 10.3. The largest absolute Gasteiger partial charge is 0.497 e. The van der Waals surface area contributed by atoms with E-state index < -0.39 is 11.5 Å². The van der Waals surface area contributed by atoms with Crippen LogP contribution in [0.4, 0.5) is 5.69 Å². The first-order valence-electron chi connectivity index (χ1n) is 6.14. The highest BCUT2D eigenvalue weighted by Gasteiger charge is 2.14. The molecule has 0 unspecified atom stereocenters. The van der Waals surface area contributed by atoms with E-state index in [0.717, 1.165) is 0 Å². The molecule has 0 aliphatic carbocycles. The normalized spacial score (nSPS) is 10.0. The third-order valence-corrected chi connectivity index (χ3v) is 2.83. The Balaban J connectivity index is 2.29. The summed E-state index contributed by atoms with van der Waals surface area (Å²) in [6.45, 7) is 1.63. The lowest BCUT2D eigenvalue weighted by atomic mass is 10.2. The maximum atomic E-state index is 12.1. The van der Waals surface area contributed by atoms with E-state index in [4.69, 9.17) is 9.47 Å². The van der Waals surface area contributed by atoms with Crippen molar-refractivity contribution in [2.45, 2.75) is 6.92 Å². The number of carbonyl (C=O) groups excluding carboxylic acids is 1. The van der Waals surface area contributed by atoms with Gasteiger partial charge in [0, 0.05) is 12.3 Å². The van der Waals surface area contributed by atoms with Crippen molar-refractivity contribution in [3.05, 3.63) is 46.1 Å². The van der Waals surface area contributed by atoms with Crippen LogP contribution >= 0.6 is 0 Å². The number of methoxy groups -OCH3 is 2. The fourth-order valence-electron chi connectivity index (χ4n) is 1.74. The molecule has 0 aliphatic heterocycles. The predicted octanol–water partition coefficient (Wildman–Crippen LogP) is 1.35. The van der Waals surface area contributed by atoms with Gasteiger partial charge in [-0.3, -0.25) is 9.59 Å². The average Bonchev–Trinajstić information content (AvgIpc) is 2.47. The summed E-state index contributed by atoms with van der Waals surface area (Å²) in [6, 6.07) is 4.94. The molecular weight excluding hydrogens is 274 g/mol. The van der Waals surface area contributed by atoms with Gasteiger partial charge in [-0.05, 0) is 19.1 Å². The van der Waals surface area contributed by atoms with Crippen LogP contribution in [0.3, 0.4) is 0 Å². The summed E-state index contributed by atoms with van der Waals surface area (Å²) in [5, 5.41) is 2.61. The van der Waals surface area contributed by atoms with Crippen LogP contribution in [-0.4, -0.2) is 30.1 Å². The molecule has 2 aromatic rings. The number of rotatable bonds is 4. The smallest absolute Gasteiger partial charge is 0.263 e. The van der Waals surface area contributed by atoms with Gasteiger partial charge in [0.15, 0.2) is 0 Å². The summed E-state index contributed by atoms with van der Waals surface area (Å²) in [5.74, 6) is 0.907. The van der Waals surface area contributed by atoms with Gasteiger partial charge < -0.3 is 19.8 Å². The van der Waals surface area contributed by atoms with Crippen LogP contribution in [0.2, 0.25) is 0 Å². The number of ether oxygens (including phenoxy) is 2. The van der Waals surface area contributed by atoms with Crippen LogP contribution in [0.15, 0.2) is 29.2 Å². The molecule has 0 spiro atoms. The van der Waals surface area contributed by atoms with E-state index in [1.54, 1.807) is 25.1 Å². The Bertz CT molecular complexity index is 724. The van der Waals surface area contributed by atoms with Gasteiger partial charge in [-0.2, -0.15) is 0 Å². The zero-order valence-corrected chi connectivity index (χ0v) is 11.9. The number of carbonyl (C=O) groups is 1. The van der Waals surface area contributed by atoms with Gasteiger partial charge in [0.2, 0.25) is 0 Å². The van der Waals surface area contributed by atoms with Gasteiger partial charge >= 0.3 is 0 Å². The van der Waals surface area contributed by atoms with Gasteiger partial charge in [0.05, 0.1) is 19.9 Å². The SMILES string of the molecule is COc1ccc(NC(=O)c2cnc(C)[nH]c2=O)c(OC)c1. The predicted molar refractivity (Wildman–Crippen MR) is 77.1 cm³/mol. The van der Waals surface area contributed by atoms with E-state index in [-0.39, 0.29) is 5.56 Å². The van der Waals surface area contributed by atoms with E-state index in [1.165, 1.54) is 20.4 Å². The molecule has 0 bridgehead atoms. The van der Waals surface area contributed by atoms with E-state index in [0.29, 0.717) is 23.0 Å². The van der Waals surface area contributed by atoms with Crippen molar-refractivity contribution >= 4 is 11.6 Å². The Morgan fingerprint density at radius 2 is 2.05 bits per heavy atom. The number of amides is 1. The lowest BCUT2D eigenvalue weighted by molar-refractivity contribution is 0.102. The van der Waals surface area contributed by atoms with Crippen molar-refractivity contribution in [2.75, 3.05) is 19.5 Å². The van der Waals surface area contributed by atoms with Gasteiger partial charge in [-0.1, -0.05) is 0 Å². The highest BCUT2D eigenvalue weighted by atomic mass is 16.5. The highest BCUT2D eigenvalue weighted by molar-refractivity contribution is 6.04. The maximum Gasteiger partial charge on any atom is 0.263 e. The molecule has 2 rings (SSSR count). The minimum Gasteiger partial charge on any atom is -0.497 e. The Morgan fingerprint density at radius 3 is 2.67 bits per heavy atom. The quantitative estimate of drug-likeness (QED) is 0.886. The molecule has 21 heavy (non-hydrogen) atoms. The minimum absolute atomic E-state index is 0.0709. The van der Waals surface area contributed by atoms with Crippen molar-refractivity contribution in [1.82, 2.24) is 9.97 Å². The van der Waals surface area contributed by atoms with Gasteiger partial charge in [-0.25, -0.2) is 4.98 Å². The van der Waals surface area contributed by atoms with Crippen LogP contribution in [0.5, 0.6) is 11.5 Å². The van der Waals surface area contributed by atoms with Crippen LogP contribution in [0.25, 0.3) is 0 Å². The Kier molecular flexibility index (Phi) is 4.22. The van der Waals surface area contributed by atoms with Crippen molar-refractivity contribution in [1.29, 1.82) is 0 Å². The van der Waals surface area contributed by atoms with Crippen LogP contribution in [-0.2, 0) is 0 Å². The monoisotopic (exact) mass is 289 g/mol. The van der Waals surface area contributed by atoms with Crippen molar-refractivity contribution < 1.29 is 14.3 Å². The van der Waals surface area contributed by atoms with Gasteiger partial charge in [0.25, 0.3) is 11.5 Å². The first-order chi connectivity index (χ1) is 10.0. The van der Waals surface area contributed by atoms with Crippen molar-refractivity contribution in [2.24, 2.45) is 0 Å². The lowest BCUT2D eigenvalue weighted by Crippen LogP contribution is -2.24. The van der Waals surface area contributed by atoms with Crippen molar-refractivity contribution in [3.63, 3.8) is 0 Å². The zero-order valence-electron chi connectivity index (χ0n) is 11.9. The third kappa shape index (κ3) is 3.19. The van der Waals surface area contributed by atoms with Crippen LogP contribution < -0.4 is 20.3 Å². The second-order valence-corrected chi connectivity index (χ2v) is 4.23. The molecule has 0 radical (unpaired) electrons. The Hall–Kier alpha value is -2.83. The molecule has 1 heterocycles. The topological polar surface area (TPSA) is 93.3 Å². The number of aryl methyl sites for hydroxylation is 1. The number of nitrogens with zero attached hydrogens (tertiary/aromatic N) is 1. The number of benzene rings is 1. The fraction of sp³-hybridized carbons (Fsp3) is 0.214. The number of anilines is 1. The summed E-state index contributed by atoms with van der Waals surface area (Å²) >= 11 is 0. The number of aromatic amines is 1. The second kappa shape index (κ2) is 6.08. The van der Waals surface area contributed by atoms with Gasteiger partial charge in [-0.15, -0.1) is 0 Å². The highest BCUT2D eigenvalue weighted by Crippen LogP contribution is 2.29. The molecule has 1 aromatic heterocycles. The molecule has 1 aromatic carbocycles. The van der Waals surface area contributed by atoms with E-state index in [9.17, 15) is 9.59 Å². The van der Waals surface area contributed by atoms with Crippen LogP contribution in [0, 0.1) is 6.92 Å². The Morgan fingerprint density at radius 1 is 1.29 bits per heavy atom. The summed E-state index contributed by atoms with van der Waals surface area (Å²) in [4.78, 5) is 30.2. The molecule has 1 amide bonds. The van der Waals surface area contributed by atoms with Crippen LogP contribution in [0.1, 0.15) is 16.2 Å². The summed E-state index contributed by atoms with van der Waals surface area (Å²) in [7, 11) is 3.01. The zero-order chi connectivity index (χ0) is 15.4. The van der Waals surface area contributed by atoms with Gasteiger partial charge in [0.1, 0.15) is 22.9 Å². The molecule has 0 saturated carbocycles. The molecule has 0 atom stereocenters. The standard InChI is InChI=1S/C14H15N3O4/c1-8-15-7-10(13(18)16-8)14(19)17-11-5-4-9(20-2)6-12(11)21-3/h4-7H,1-3H3,(H,17,19)(H,15,16,18). The average molecular weight is 289 g/mol. The number of aromatic nitrogens is 2. The lowest BCUT2D eigenvalue weighted by Gasteiger charge is -2.11. The number of hydrogen-bond donors (Lipinski definition) is 2. The first-order valence-corrected chi connectivity index (χ1v) is 6.14.